The smallest absolute Gasteiger partial charge is 0.407 e. The summed E-state index contributed by atoms with van der Waals surface area (Å²) in [6.07, 6.45) is 1.40. The van der Waals surface area contributed by atoms with Crippen LogP contribution in [0.2, 0.25) is 0 Å². The molecule has 6 heteroatoms. The zero-order chi connectivity index (χ0) is 17.0. The van der Waals surface area contributed by atoms with Crippen LogP contribution in [0.1, 0.15) is 44.0 Å². The first-order valence-corrected chi connectivity index (χ1v) is 7.82. The molecular formula is C17H24N2O4. The minimum absolute atomic E-state index is 0.00733. The molecule has 0 aliphatic carbocycles. The minimum Gasteiger partial charge on any atom is -0.478 e. The molecule has 6 nitrogen and oxygen atoms in total. The first kappa shape index (κ1) is 17.1. The zero-order valence-corrected chi connectivity index (χ0v) is 13.8. The number of carboxylic acids is 1. The molecule has 2 N–H and O–H groups in total. The number of carboxylic acid groups (broad SMARTS) is 1. The summed E-state index contributed by atoms with van der Waals surface area (Å²) in [6, 6.07) is 6.86. The number of benzene rings is 1. The molecule has 2 rings (SSSR count). The van der Waals surface area contributed by atoms with Crippen molar-refractivity contribution in [3.05, 3.63) is 29.8 Å². The van der Waals surface area contributed by atoms with E-state index in [0.29, 0.717) is 6.54 Å². The first-order chi connectivity index (χ1) is 10.7. The van der Waals surface area contributed by atoms with E-state index in [-0.39, 0.29) is 11.6 Å². The molecule has 1 heterocycles. The van der Waals surface area contributed by atoms with Crippen LogP contribution < -0.4 is 10.2 Å². The number of hydrogen-bond donors (Lipinski definition) is 2. The van der Waals surface area contributed by atoms with Crippen molar-refractivity contribution in [1.29, 1.82) is 0 Å². The molecule has 23 heavy (non-hydrogen) atoms. The molecule has 1 aromatic rings. The molecule has 0 aromatic heterocycles. The molecule has 1 saturated heterocycles. The number of ether oxygens (including phenoxy) is 1. The maximum Gasteiger partial charge on any atom is 0.407 e. The summed E-state index contributed by atoms with van der Waals surface area (Å²) in [4.78, 5) is 25.1. The minimum atomic E-state index is -0.938. The molecule has 126 valence electrons. The van der Waals surface area contributed by atoms with Crippen LogP contribution in [-0.2, 0) is 4.74 Å². The van der Waals surface area contributed by atoms with Gasteiger partial charge in [0.05, 0.1) is 5.56 Å². The van der Waals surface area contributed by atoms with Crippen LogP contribution in [0.3, 0.4) is 0 Å². The van der Waals surface area contributed by atoms with E-state index in [1.807, 2.05) is 26.8 Å². The fraction of sp³-hybridized carbons (Fsp3) is 0.529. The van der Waals surface area contributed by atoms with E-state index in [2.05, 4.69) is 10.2 Å². The number of piperidine rings is 1. The van der Waals surface area contributed by atoms with E-state index in [9.17, 15) is 9.59 Å². The quantitative estimate of drug-likeness (QED) is 0.895. The number of amides is 1. The molecule has 0 radical (unpaired) electrons. The van der Waals surface area contributed by atoms with Gasteiger partial charge in [-0.05, 0) is 51.8 Å². The Morgan fingerprint density at radius 1 is 1.35 bits per heavy atom. The second kappa shape index (κ2) is 6.89. The highest BCUT2D eigenvalue weighted by Gasteiger charge is 2.24. The van der Waals surface area contributed by atoms with Crippen LogP contribution in [0, 0.1) is 0 Å². The van der Waals surface area contributed by atoms with Gasteiger partial charge in [0.15, 0.2) is 0 Å². The van der Waals surface area contributed by atoms with Crippen molar-refractivity contribution < 1.29 is 19.4 Å². The Hall–Kier alpha value is -2.24. The highest BCUT2D eigenvalue weighted by atomic mass is 16.6. The van der Waals surface area contributed by atoms with Gasteiger partial charge < -0.3 is 20.1 Å². The van der Waals surface area contributed by atoms with Crippen molar-refractivity contribution in [2.75, 3.05) is 18.0 Å². The summed E-state index contributed by atoms with van der Waals surface area (Å²) in [5.41, 5.74) is 0.610. The number of anilines is 1. The lowest BCUT2D eigenvalue weighted by Crippen LogP contribution is -2.49. The molecule has 0 bridgehead atoms. The monoisotopic (exact) mass is 320 g/mol. The van der Waals surface area contributed by atoms with Crippen molar-refractivity contribution in [3.8, 4) is 0 Å². The largest absolute Gasteiger partial charge is 0.478 e. The summed E-state index contributed by atoms with van der Waals surface area (Å²) >= 11 is 0. The zero-order valence-electron chi connectivity index (χ0n) is 13.8. The van der Waals surface area contributed by atoms with Gasteiger partial charge in [-0.1, -0.05) is 6.07 Å². The van der Waals surface area contributed by atoms with E-state index >= 15 is 0 Å². The number of nitrogens with zero attached hydrogens (tertiary/aromatic N) is 1. The van der Waals surface area contributed by atoms with Gasteiger partial charge >= 0.3 is 12.1 Å². The second-order valence-electron chi connectivity index (χ2n) is 6.79. The third-order valence-electron chi connectivity index (χ3n) is 3.60. The van der Waals surface area contributed by atoms with Crippen LogP contribution >= 0.6 is 0 Å². The van der Waals surface area contributed by atoms with E-state index in [4.69, 9.17) is 9.84 Å². The predicted octanol–water partition coefficient (Wildman–Crippen LogP) is 2.88. The summed E-state index contributed by atoms with van der Waals surface area (Å²) in [5, 5.41) is 12.0. The van der Waals surface area contributed by atoms with Crippen LogP contribution in [0.15, 0.2) is 24.3 Å². The van der Waals surface area contributed by atoms with Gasteiger partial charge in [0.25, 0.3) is 0 Å². The van der Waals surface area contributed by atoms with Crippen molar-refractivity contribution in [1.82, 2.24) is 5.32 Å². The lowest BCUT2D eigenvalue weighted by molar-refractivity contribution is 0.0499. The third kappa shape index (κ3) is 5.16. The Balaban J connectivity index is 1.99. The van der Waals surface area contributed by atoms with E-state index in [0.717, 1.165) is 25.1 Å². The fourth-order valence-electron chi connectivity index (χ4n) is 2.64. The lowest BCUT2D eigenvalue weighted by Gasteiger charge is -2.35. The highest BCUT2D eigenvalue weighted by molar-refractivity contribution is 5.88. The number of nitrogens with one attached hydrogen (secondary N) is 1. The van der Waals surface area contributed by atoms with Gasteiger partial charge in [-0.2, -0.15) is 0 Å². The molecule has 1 aromatic carbocycles. The number of aromatic carboxylic acids is 1. The Labute approximate surface area is 136 Å². The number of carbonyl (C=O) groups excluding carboxylic acids is 1. The summed E-state index contributed by atoms with van der Waals surface area (Å²) in [5.74, 6) is -0.938. The summed E-state index contributed by atoms with van der Waals surface area (Å²) in [7, 11) is 0. The standard InChI is InChI=1S/C17H24N2O4/c1-17(2,3)23-16(22)18-13-7-5-9-19(11-13)14-8-4-6-12(10-14)15(20)21/h4,6,8,10,13H,5,7,9,11H2,1-3H3,(H,18,22)(H,20,21)/t13-/m1/s1. The Kier molecular flexibility index (Phi) is 5.13. The molecule has 0 unspecified atom stereocenters. The predicted molar refractivity (Wildman–Crippen MR) is 88.0 cm³/mol. The number of rotatable bonds is 3. The number of carbonyl (C=O) groups is 2. The average molecular weight is 320 g/mol. The van der Waals surface area contributed by atoms with Gasteiger partial charge in [-0.3, -0.25) is 0 Å². The Morgan fingerprint density at radius 2 is 2.09 bits per heavy atom. The van der Waals surface area contributed by atoms with Gasteiger partial charge in [-0.15, -0.1) is 0 Å². The van der Waals surface area contributed by atoms with Crippen LogP contribution in [-0.4, -0.2) is 41.9 Å². The number of hydrogen-bond acceptors (Lipinski definition) is 4. The van der Waals surface area contributed by atoms with Crippen molar-refractivity contribution in [2.45, 2.75) is 45.3 Å². The lowest BCUT2D eigenvalue weighted by atomic mass is 10.0. The molecule has 0 saturated carbocycles. The Bertz CT molecular complexity index is 580. The van der Waals surface area contributed by atoms with Crippen molar-refractivity contribution in [3.63, 3.8) is 0 Å². The first-order valence-electron chi connectivity index (χ1n) is 7.82. The van der Waals surface area contributed by atoms with Gasteiger partial charge in [-0.25, -0.2) is 9.59 Å². The van der Waals surface area contributed by atoms with Crippen LogP contribution in [0.5, 0.6) is 0 Å². The van der Waals surface area contributed by atoms with Gasteiger partial charge in [0.1, 0.15) is 5.60 Å². The second-order valence-corrected chi connectivity index (χ2v) is 6.79. The van der Waals surface area contributed by atoms with E-state index < -0.39 is 17.7 Å². The molecule has 0 spiro atoms. The van der Waals surface area contributed by atoms with E-state index in [1.54, 1.807) is 18.2 Å². The summed E-state index contributed by atoms with van der Waals surface area (Å²) < 4.78 is 5.29. The molecular weight excluding hydrogens is 296 g/mol. The molecule has 1 aliphatic rings. The maximum absolute atomic E-state index is 11.9. The molecule has 1 aliphatic heterocycles. The highest BCUT2D eigenvalue weighted by Crippen LogP contribution is 2.21. The van der Waals surface area contributed by atoms with Gasteiger partial charge in [0.2, 0.25) is 0 Å². The summed E-state index contributed by atoms with van der Waals surface area (Å²) in [6.45, 7) is 6.98. The topological polar surface area (TPSA) is 78.9 Å². The van der Waals surface area contributed by atoms with Crippen molar-refractivity contribution >= 4 is 17.7 Å². The molecule has 1 atom stereocenters. The molecule has 1 fully saturated rings. The maximum atomic E-state index is 11.9. The average Bonchev–Trinajstić information content (AvgIpc) is 2.45. The van der Waals surface area contributed by atoms with Crippen LogP contribution in [0.4, 0.5) is 10.5 Å². The van der Waals surface area contributed by atoms with E-state index in [1.165, 1.54) is 0 Å². The van der Waals surface area contributed by atoms with Crippen LogP contribution in [0.25, 0.3) is 0 Å². The Morgan fingerprint density at radius 3 is 2.74 bits per heavy atom. The van der Waals surface area contributed by atoms with Crippen molar-refractivity contribution in [2.24, 2.45) is 0 Å². The molecule has 1 amide bonds. The number of alkyl carbamates (subject to hydrolysis) is 1. The normalized spacial score (nSPS) is 18.4. The fourth-order valence-corrected chi connectivity index (χ4v) is 2.64. The van der Waals surface area contributed by atoms with Gasteiger partial charge in [0, 0.05) is 24.8 Å². The SMILES string of the molecule is CC(C)(C)OC(=O)N[C@@H]1CCCN(c2cccc(C(=O)O)c2)C1. The third-order valence-corrected chi connectivity index (χ3v) is 3.60.